The average molecular weight is 638 g/mol. The lowest BCUT2D eigenvalue weighted by Gasteiger charge is -2.25. The molecule has 0 aliphatic carbocycles. The minimum atomic E-state index is -0.755. The maximum Gasteiger partial charge on any atom is 0.338 e. The van der Waals surface area contributed by atoms with Crippen molar-refractivity contribution in [2.45, 2.75) is 46.2 Å². The van der Waals surface area contributed by atoms with Crippen molar-refractivity contribution in [3.8, 4) is 11.5 Å². The minimum Gasteiger partial charge on any atom is -0.463 e. The van der Waals surface area contributed by atoms with Gasteiger partial charge in [-0.15, -0.1) is 0 Å². The first-order chi connectivity index (χ1) is 22.4. The fraction of sp³-hybridized carbons (Fsp3) is 0.250. The number of hydrogen-bond donors (Lipinski definition) is 0. The van der Waals surface area contributed by atoms with Gasteiger partial charge in [0.1, 0.15) is 5.82 Å². The van der Waals surface area contributed by atoms with E-state index >= 15 is 0 Å². The Morgan fingerprint density at radius 2 is 1.87 bits per heavy atom. The van der Waals surface area contributed by atoms with Crippen LogP contribution in [0.25, 0.3) is 17.0 Å². The van der Waals surface area contributed by atoms with Crippen LogP contribution >= 0.6 is 11.3 Å². The second-order valence-corrected chi connectivity index (χ2v) is 12.3. The number of benzene rings is 3. The predicted octanol–water partition coefficient (Wildman–Crippen LogP) is 5.76. The molecule has 0 spiro atoms. The largest absolute Gasteiger partial charge is 0.463 e. The molecule has 3 aromatic carbocycles. The van der Waals surface area contributed by atoms with Crippen LogP contribution in [0.15, 0.2) is 87.8 Å². The van der Waals surface area contributed by atoms with Crippen LogP contribution in [0, 0.1) is 12.7 Å². The van der Waals surface area contributed by atoms with Gasteiger partial charge in [-0.2, -0.15) is 0 Å². The molecule has 46 heavy (non-hydrogen) atoms. The summed E-state index contributed by atoms with van der Waals surface area (Å²) in [7, 11) is 0. The lowest BCUT2D eigenvalue weighted by atomic mass is 9.94. The van der Waals surface area contributed by atoms with Crippen LogP contribution in [0.3, 0.4) is 0 Å². The highest BCUT2D eigenvalue weighted by atomic mass is 32.1. The van der Waals surface area contributed by atoms with Gasteiger partial charge in [0, 0.05) is 28.7 Å². The van der Waals surface area contributed by atoms with Crippen molar-refractivity contribution in [1.29, 1.82) is 0 Å². The third-order valence-electron chi connectivity index (χ3n) is 8.41. The predicted molar refractivity (Wildman–Crippen MR) is 174 cm³/mol. The van der Waals surface area contributed by atoms with E-state index in [9.17, 15) is 14.0 Å². The summed E-state index contributed by atoms with van der Waals surface area (Å²) in [5.74, 6) is 0.396. The second-order valence-electron chi connectivity index (χ2n) is 11.3. The van der Waals surface area contributed by atoms with Crippen molar-refractivity contribution in [3.05, 3.63) is 126 Å². The molecule has 2 aromatic heterocycles. The number of esters is 1. The topological polar surface area (TPSA) is 84.0 Å². The minimum absolute atomic E-state index is 0.108. The normalized spacial score (nSPS) is 15.7. The number of aromatic nitrogens is 2. The van der Waals surface area contributed by atoms with Crippen molar-refractivity contribution in [1.82, 2.24) is 9.13 Å². The number of halogens is 1. The van der Waals surface area contributed by atoms with Crippen LogP contribution in [-0.4, -0.2) is 28.5 Å². The third kappa shape index (κ3) is 5.12. The van der Waals surface area contributed by atoms with E-state index in [1.165, 1.54) is 23.5 Å². The number of rotatable bonds is 8. The molecule has 0 bridgehead atoms. The second kappa shape index (κ2) is 12.1. The number of carbonyl (C=O) groups is 1. The number of ether oxygens (including phenoxy) is 3. The van der Waals surface area contributed by atoms with Gasteiger partial charge in [-0.05, 0) is 67.8 Å². The lowest BCUT2D eigenvalue weighted by molar-refractivity contribution is -0.139. The van der Waals surface area contributed by atoms with Crippen LogP contribution in [-0.2, 0) is 16.1 Å². The zero-order valence-corrected chi connectivity index (χ0v) is 26.5. The van der Waals surface area contributed by atoms with Crippen LogP contribution in [0.2, 0.25) is 0 Å². The van der Waals surface area contributed by atoms with E-state index in [2.05, 4.69) is 4.57 Å². The Bertz CT molecular complexity index is 2210. The van der Waals surface area contributed by atoms with Gasteiger partial charge in [0.2, 0.25) is 6.79 Å². The molecule has 0 N–H and O–H groups in total. The molecule has 0 radical (unpaired) electrons. The molecule has 0 saturated carbocycles. The zero-order valence-electron chi connectivity index (χ0n) is 25.7. The van der Waals surface area contributed by atoms with E-state index in [4.69, 9.17) is 19.2 Å². The van der Waals surface area contributed by atoms with Gasteiger partial charge >= 0.3 is 5.97 Å². The Morgan fingerprint density at radius 1 is 1.09 bits per heavy atom. The van der Waals surface area contributed by atoms with E-state index in [1.54, 1.807) is 29.7 Å². The molecule has 5 aromatic rings. The van der Waals surface area contributed by atoms with E-state index in [0.29, 0.717) is 50.6 Å². The van der Waals surface area contributed by atoms with Crippen molar-refractivity contribution in [2.24, 2.45) is 4.99 Å². The fourth-order valence-corrected chi connectivity index (χ4v) is 7.27. The number of hydrogen-bond acceptors (Lipinski definition) is 7. The highest BCUT2D eigenvalue weighted by Gasteiger charge is 2.35. The van der Waals surface area contributed by atoms with Gasteiger partial charge in [0.15, 0.2) is 16.3 Å². The van der Waals surface area contributed by atoms with Gasteiger partial charge in [-0.1, -0.05) is 61.1 Å². The first kappa shape index (κ1) is 29.7. The number of fused-ring (bicyclic) bond motifs is 3. The fourth-order valence-electron chi connectivity index (χ4n) is 6.27. The van der Waals surface area contributed by atoms with Gasteiger partial charge < -0.3 is 18.8 Å². The molecular weight excluding hydrogens is 605 g/mol. The molecule has 0 amide bonds. The molecule has 0 unspecified atom stereocenters. The Kier molecular flexibility index (Phi) is 7.82. The van der Waals surface area contributed by atoms with Gasteiger partial charge in [-0.25, -0.2) is 14.2 Å². The summed E-state index contributed by atoms with van der Waals surface area (Å²) in [6.45, 7) is 6.67. The van der Waals surface area contributed by atoms with Crippen molar-refractivity contribution < 1.29 is 23.4 Å². The molecule has 7 rings (SSSR count). The van der Waals surface area contributed by atoms with Crippen molar-refractivity contribution in [2.75, 3.05) is 13.4 Å². The van der Waals surface area contributed by atoms with Crippen LogP contribution in [0.4, 0.5) is 4.39 Å². The lowest BCUT2D eigenvalue weighted by Crippen LogP contribution is -2.40. The average Bonchev–Trinajstić information content (AvgIpc) is 3.72. The smallest absolute Gasteiger partial charge is 0.338 e. The first-order valence-electron chi connectivity index (χ1n) is 15.3. The molecular formula is C36H32FN3O5S. The van der Waals surface area contributed by atoms with Crippen LogP contribution < -0.4 is 24.4 Å². The van der Waals surface area contributed by atoms with Crippen LogP contribution in [0.1, 0.15) is 55.1 Å². The number of thiazole rings is 1. The van der Waals surface area contributed by atoms with E-state index in [-0.39, 0.29) is 24.8 Å². The first-order valence-corrected chi connectivity index (χ1v) is 16.1. The number of allylic oxidation sites excluding steroid dienone is 1. The number of para-hydroxylation sites is 1. The Hall–Kier alpha value is -4.96. The summed E-state index contributed by atoms with van der Waals surface area (Å²) in [4.78, 5) is 33.4. The Balaban J connectivity index is 1.43. The third-order valence-corrected chi connectivity index (χ3v) is 9.40. The zero-order chi connectivity index (χ0) is 31.9. The molecule has 0 fully saturated rings. The summed E-state index contributed by atoms with van der Waals surface area (Å²) < 4.78 is 34.6. The van der Waals surface area contributed by atoms with Crippen LogP contribution in [0.5, 0.6) is 11.5 Å². The quantitative estimate of drug-likeness (QED) is 0.202. The van der Waals surface area contributed by atoms with Gasteiger partial charge in [0.25, 0.3) is 5.56 Å². The van der Waals surface area contributed by atoms with E-state index in [0.717, 1.165) is 34.1 Å². The summed E-state index contributed by atoms with van der Waals surface area (Å²) in [6.07, 6.45) is 3.24. The molecule has 8 nitrogen and oxygen atoms in total. The van der Waals surface area contributed by atoms with Gasteiger partial charge in [-0.3, -0.25) is 9.36 Å². The Labute approximate surface area is 268 Å². The van der Waals surface area contributed by atoms with Crippen molar-refractivity contribution in [3.63, 3.8) is 0 Å². The van der Waals surface area contributed by atoms with E-state index < -0.39 is 12.0 Å². The number of nitrogens with zero attached hydrogens (tertiary/aromatic N) is 3. The summed E-state index contributed by atoms with van der Waals surface area (Å²) >= 11 is 1.30. The molecule has 2 aliphatic heterocycles. The summed E-state index contributed by atoms with van der Waals surface area (Å²) in [5.41, 5.74) is 5.29. The maximum atomic E-state index is 14.4. The molecule has 0 saturated heterocycles. The van der Waals surface area contributed by atoms with E-state index in [1.807, 2.05) is 56.3 Å². The molecule has 234 valence electrons. The Morgan fingerprint density at radius 3 is 2.65 bits per heavy atom. The van der Waals surface area contributed by atoms with Gasteiger partial charge in [0.05, 0.1) is 28.5 Å². The highest BCUT2D eigenvalue weighted by Crippen LogP contribution is 2.39. The maximum absolute atomic E-state index is 14.4. The monoisotopic (exact) mass is 637 g/mol. The SMILES string of the molecule is CCCC1=C(C(=O)OCC)[C@@H](c2ccc3c(c2)OCO3)n2c(s/c(=C\c3c(C)n(Cc4ccc(F)cc4)c4ccccc34)c2=O)=N1. The molecule has 10 heteroatoms. The summed E-state index contributed by atoms with van der Waals surface area (Å²) in [5, 5.41) is 0.999. The number of carbonyl (C=O) groups excluding carboxylic acids is 1. The highest BCUT2D eigenvalue weighted by molar-refractivity contribution is 7.07. The summed E-state index contributed by atoms with van der Waals surface area (Å²) in [6, 6.07) is 19.3. The van der Waals surface area contributed by atoms with Crippen molar-refractivity contribution >= 4 is 34.3 Å². The molecule has 1 atom stereocenters. The molecule has 4 heterocycles. The molecule has 2 aliphatic rings. The standard InChI is InChI=1S/C36H32FN3O5S/c1-4-8-27-32(35(42)43-5-2)33(23-13-16-29-30(17-23)45-20-44-29)40-34(41)31(46-36(40)38-27)18-26-21(3)39(28-10-7-6-9-25(26)28)19-22-11-14-24(37)15-12-22/h6-7,9-18,33H,4-5,8,19-20H2,1-3H3/b31-18-/t33-/m1/s1.